The fourth-order valence-electron chi connectivity index (χ4n) is 5.93. The highest BCUT2D eigenvalue weighted by molar-refractivity contribution is 7.92. The van der Waals surface area contributed by atoms with Gasteiger partial charge in [-0.3, -0.25) is 9.59 Å². The SMILES string of the molecule is CC(=O)NCc1ccc(S(=O)(=O)N(Cc2ccccc2)[C@@H]2CS(=O)(=O)C[C@H]2N(Cc2ccccc2)S(=O)(=O)c2ccc(CNC(C)=O)cc2)cc1. The summed E-state index contributed by atoms with van der Waals surface area (Å²) >= 11 is 0. The first-order valence-corrected chi connectivity index (χ1v) is 20.8. The van der Waals surface area contributed by atoms with Crippen molar-refractivity contribution in [1.29, 1.82) is 0 Å². The summed E-state index contributed by atoms with van der Waals surface area (Å²) in [5.41, 5.74) is 2.48. The van der Waals surface area contributed by atoms with Crippen molar-refractivity contribution >= 4 is 41.7 Å². The number of amides is 2. The second-order valence-corrected chi connectivity index (χ2v) is 18.3. The Balaban J connectivity index is 1.60. The van der Waals surface area contributed by atoms with Gasteiger partial charge in [0.25, 0.3) is 0 Å². The highest BCUT2D eigenvalue weighted by Crippen LogP contribution is 2.34. The molecule has 1 aliphatic rings. The number of rotatable bonds is 14. The topological polar surface area (TPSA) is 167 Å². The molecule has 12 nitrogen and oxygen atoms in total. The number of hydrogen-bond acceptors (Lipinski definition) is 8. The number of carbonyl (C=O) groups excluding carboxylic acids is 2. The van der Waals surface area contributed by atoms with Crippen LogP contribution in [0.5, 0.6) is 0 Å². The van der Waals surface area contributed by atoms with Gasteiger partial charge in [0.2, 0.25) is 31.9 Å². The standard InChI is InChI=1S/C36H40N4O8S3/c1-27(41)37-21-29-13-17-33(18-14-29)50(45,46)39(23-31-9-5-3-6-10-31)35-25-49(43,44)26-36(35)40(24-32-11-7-4-8-12-32)51(47,48)34-19-15-30(16-20-34)22-38-28(2)42/h3-20,35-36H,21-26H2,1-2H3,(H,37,41)(H,38,42)/t35-,36-/m1/s1. The van der Waals surface area contributed by atoms with E-state index in [0.717, 1.165) is 8.61 Å². The van der Waals surface area contributed by atoms with Gasteiger partial charge in [0.15, 0.2) is 9.84 Å². The van der Waals surface area contributed by atoms with Crippen LogP contribution < -0.4 is 10.6 Å². The van der Waals surface area contributed by atoms with Crippen molar-refractivity contribution in [3.05, 3.63) is 131 Å². The van der Waals surface area contributed by atoms with E-state index in [1.807, 2.05) is 0 Å². The molecule has 51 heavy (non-hydrogen) atoms. The van der Waals surface area contributed by atoms with Crippen LogP contribution >= 0.6 is 0 Å². The molecule has 0 bridgehead atoms. The predicted molar refractivity (Wildman–Crippen MR) is 192 cm³/mol. The molecule has 4 aromatic carbocycles. The minimum Gasteiger partial charge on any atom is -0.352 e. The lowest BCUT2D eigenvalue weighted by Crippen LogP contribution is -2.54. The van der Waals surface area contributed by atoms with E-state index >= 15 is 0 Å². The fourth-order valence-corrected chi connectivity index (χ4v) is 11.4. The summed E-state index contributed by atoms with van der Waals surface area (Å²) in [6.07, 6.45) is 0. The minimum atomic E-state index is -4.42. The lowest BCUT2D eigenvalue weighted by atomic mass is 10.1. The second-order valence-electron chi connectivity index (χ2n) is 12.4. The van der Waals surface area contributed by atoms with Crippen LogP contribution in [-0.4, -0.2) is 69.3 Å². The van der Waals surface area contributed by atoms with Gasteiger partial charge in [-0.2, -0.15) is 8.61 Å². The van der Waals surface area contributed by atoms with Crippen LogP contribution in [0.3, 0.4) is 0 Å². The van der Waals surface area contributed by atoms with E-state index in [1.165, 1.54) is 38.1 Å². The smallest absolute Gasteiger partial charge is 0.243 e. The zero-order valence-electron chi connectivity index (χ0n) is 28.2. The Labute approximate surface area is 299 Å². The lowest BCUT2D eigenvalue weighted by Gasteiger charge is -2.37. The summed E-state index contributed by atoms with van der Waals surface area (Å²) in [6, 6.07) is 26.6. The van der Waals surface area contributed by atoms with Crippen LogP contribution in [0.15, 0.2) is 119 Å². The van der Waals surface area contributed by atoms with Crippen LogP contribution in [-0.2, 0) is 65.7 Å². The average molecular weight is 753 g/mol. The molecule has 1 fully saturated rings. The Morgan fingerprint density at radius 1 is 0.569 bits per heavy atom. The zero-order valence-corrected chi connectivity index (χ0v) is 30.6. The molecule has 0 unspecified atom stereocenters. The first-order valence-electron chi connectivity index (χ1n) is 16.1. The highest BCUT2D eigenvalue weighted by atomic mass is 32.2. The maximum atomic E-state index is 14.6. The van der Waals surface area contributed by atoms with Crippen LogP contribution in [0, 0.1) is 0 Å². The van der Waals surface area contributed by atoms with Gasteiger partial charge in [0, 0.05) is 40.0 Å². The van der Waals surface area contributed by atoms with Gasteiger partial charge in [0.05, 0.1) is 33.4 Å². The number of nitrogens with one attached hydrogen (secondary N) is 2. The summed E-state index contributed by atoms with van der Waals surface area (Å²) in [7, 11) is -12.8. The van der Waals surface area contributed by atoms with Crippen molar-refractivity contribution in [3.63, 3.8) is 0 Å². The largest absolute Gasteiger partial charge is 0.352 e. The third kappa shape index (κ3) is 9.48. The maximum Gasteiger partial charge on any atom is 0.243 e. The van der Waals surface area contributed by atoms with E-state index in [9.17, 15) is 34.8 Å². The van der Waals surface area contributed by atoms with Crippen molar-refractivity contribution in [3.8, 4) is 0 Å². The van der Waals surface area contributed by atoms with Crippen molar-refractivity contribution in [1.82, 2.24) is 19.2 Å². The molecular weight excluding hydrogens is 713 g/mol. The van der Waals surface area contributed by atoms with Crippen molar-refractivity contribution in [2.24, 2.45) is 0 Å². The molecule has 5 rings (SSSR count). The van der Waals surface area contributed by atoms with Crippen molar-refractivity contribution in [2.75, 3.05) is 11.5 Å². The predicted octanol–water partition coefficient (Wildman–Crippen LogP) is 3.21. The quantitative estimate of drug-likeness (QED) is 0.198. The molecule has 2 N–H and O–H groups in total. The maximum absolute atomic E-state index is 14.6. The molecule has 0 saturated carbocycles. The molecule has 0 spiro atoms. The molecule has 1 saturated heterocycles. The Morgan fingerprint density at radius 2 is 0.902 bits per heavy atom. The van der Waals surface area contributed by atoms with E-state index in [-0.39, 0.29) is 47.8 Å². The molecule has 1 heterocycles. The number of sulfonamides is 2. The van der Waals surface area contributed by atoms with Gasteiger partial charge in [-0.05, 0) is 46.5 Å². The van der Waals surface area contributed by atoms with Crippen LogP contribution in [0.2, 0.25) is 0 Å². The van der Waals surface area contributed by atoms with Gasteiger partial charge in [-0.25, -0.2) is 25.3 Å². The Kier molecular flexibility index (Phi) is 11.8. The Hall–Kier alpha value is -4.41. The van der Waals surface area contributed by atoms with Gasteiger partial charge < -0.3 is 10.6 Å². The number of sulfone groups is 1. The molecule has 1 aliphatic heterocycles. The van der Waals surface area contributed by atoms with E-state index in [1.54, 1.807) is 84.9 Å². The number of hydrogen-bond donors (Lipinski definition) is 2. The van der Waals surface area contributed by atoms with E-state index in [2.05, 4.69) is 10.6 Å². The van der Waals surface area contributed by atoms with E-state index in [0.29, 0.717) is 22.3 Å². The second kappa shape index (κ2) is 15.9. The Bertz CT molecular complexity index is 2010. The normalized spacial score (nSPS) is 17.3. The summed E-state index contributed by atoms with van der Waals surface area (Å²) in [5.74, 6) is -1.68. The van der Waals surface area contributed by atoms with Crippen molar-refractivity contribution in [2.45, 2.75) is 61.9 Å². The summed E-state index contributed by atoms with van der Waals surface area (Å²) in [6.45, 7) is 2.68. The van der Waals surface area contributed by atoms with Crippen molar-refractivity contribution < 1.29 is 34.8 Å². The molecule has 0 radical (unpaired) electrons. The molecule has 4 aromatic rings. The van der Waals surface area contributed by atoms with Gasteiger partial charge >= 0.3 is 0 Å². The first-order chi connectivity index (χ1) is 24.2. The van der Waals surface area contributed by atoms with Gasteiger partial charge in [0.1, 0.15) is 0 Å². The van der Waals surface area contributed by atoms with E-state index < -0.39 is 53.5 Å². The highest BCUT2D eigenvalue weighted by Gasteiger charge is 2.50. The van der Waals surface area contributed by atoms with Crippen LogP contribution in [0.25, 0.3) is 0 Å². The summed E-state index contributed by atoms with van der Waals surface area (Å²) in [5, 5.41) is 5.33. The monoisotopic (exact) mass is 752 g/mol. The fraction of sp³-hybridized carbons (Fsp3) is 0.278. The molecule has 270 valence electrons. The molecule has 2 atom stereocenters. The number of benzene rings is 4. The third-order valence-electron chi connectivity index (χ3n) is 8.54. The molecule has 2 amide bonds. The summed E-state index contributed by atoms with van der Waals surface area (Å²) in [4.78, 5) is 22.6. The van der Waals surface area contributed by atoms with Gasteiger partial charge in [-0.15, -0.1) is 0 Å². The Morgan fingerprint density at radius 3 is 1.22 bits per heavy atom. The molecule has 0 aromatic heterocycles. The molecule has 0 aliphatic carbocycles. The first kappa shape index (κ1) is 37.8. The average Bonchev–Trinajstić information content (AvgIpc) is 3.42. The third-order valence-corrected chi connectivity index (χ3v) is 14.0. The lowest BCUT2D eigenvalue weighted by molar-refractivity contribution is -0.120. The number of carbonyl (C=O) groups is 2. The van der Waals surface area contributed by atoms with E-state index in [4.69, 9.17) is 0 Å². The number of nitrogens with zero attached hydrogens (tertiary/aromatic N) is 2. The van der Waals surface area contributed by atoms with Gasteiger partial charge in [-0.1, -0.05) is 84.9 Å². The van der Waals surface area contributed by atoms with Crippen LogP contribution in [0.4, 0.5) is 0 Å². The zero-order chi connectivity index (χ0) is 36.8. The summed E-state index contributed by atoms with van der Waals surface area (Å²) < 4.78 is 87.5. The van der Waals surface area contributed by atoms with Crippen LogP contribution in [0.1, 0.15) is 36.1 Å². The minimum absolute atomic E-state index is 0.111. The molecule has 15 heteroatoms. The molecular formula is C36H40N4O8S3.